The average molecular weight is 1310 g/mol. The molecule has 0 heterocycles. The number of ether oxygens (including phenoxy) is 1. The Labute approximate surface area is 593 Å². The number of hydrogen-bond donors (Lipinski definition) is 1. The molecule has 10 unspecified atom stereocenters. The number of allylic oxidation sites excluding steroid dienone is 18. The van der Waals surface area contributed by atoms with E-state index in [1.165, 1.54) is 94.2 Å². The van der Waals surface area contributed by atoms with Crippen molar-refractivity contribution in [1.82, 2.24) is 0 Å². The Balaban J connectivity index is 0.000000112. The van der Waals surface area contributed by atoms with Crippen LogP contribution >= 0.6 is 0 Å². The summed E-state index contributed by atoms with van der Waals surface area (Å²) >= 11 is 0. The van der Waals surface area contributed by atoms with E-state index in [4.69, 9.17) is 4.74 Å². The van der Waals surface area contributed by atoms with Gasteiger partial charge in [0.05, 0.1) is 5.60 Å². The monoisotopic (exact) mass is 1310 g/mol. The van der Waals surface area contributed by atoms with Crippen LogP contribution < -0.4 is 4.74 Å². The standard InChI is InChI=1S/C23H24O2.2C20H18.C18H22.C15H24O/c1-14(2)20-12-18-13-22(21(20)10-15(18)3)23(24)25-19-9-8-16-6-4-5-7-17(16)11-19;1-3-7-15(8-4-1)17-11-13-20-18(12-14-19(17)20)16-9-5-2-6-10-16;1-3-7-15(8-4-1)19-13-18-12-11-17(19)14-20(18)16-9-5-2-6-10-16;1-13-9-17-15(10-14-7-5-4-6-8-14)11-16(13)12-18(17,2)3;1-9(2)12-7-11-8-14(15(4,5)16)13(12)6-10(11)3/h4-11,13-14,18,20-21H,12H2,1-3H3;1-12,19-20H,13-14H2;1-10,13-14,17-18H,11-12H2;4-9,11,16-17H,10,12H2,1-3H3;6,8-9,11-13,16H,7H2,1-5H3/t;19-,20-;;;/m.0.../s1. The first-order valence-corrected chi connectivity index (χ1v) is 37.5. The molecule has 3 heteroatoms. The van der Waals surface area contributed by atoms with Gasteiger partial charge in [0.2, 0.25) is 0 Å². The van der Waals surface area contributed by atoms with Crippen molar-refractivity contribution in [3.8, 4) is 5.75 Å². The lowest BCUT2D eigenvalue weighted by atomic mass is 9.58. The van der Waals surface area contributed by atoms with E-state index in [-0.39, 0.29) is 11.9 Å². The third kappa shape index (κ3) is 15.4. The van der Waals surface area contributed by atoms with Gasteiger partial charge in [0.1, 0.15) is 5.75 Å². The molecule has 0 amide bonds. The molecule has 7 aromatic carbocycles. The molecule has 21 rings (SSSR count). The first-order valence-electron chi connectivity index (χ1n) is 37.5. The van der Waals surface area contributed by atoms with Gasteiger partial charge in [-0.05, 0) is 223 Å². The number of hydrogen-bond acceptors (Lipinski definition) is 3. The Hall–Kier alpha value is -8.37. The van der Waals surface area contributed by atoms with Gasteiger partial charge >= 0.3 is 5.97 Å². The average Bonchev–Trinajstić information content (AvgIpc) is 1.78. The van der Waals surface area contributed by atoms with Gasteiger partial charge in [0.25, 0.3) is 0 Å². The van der Waals surface area contributed by atoms with Crippen LogP contribution in [0.3, 0.4) is 0 Å². The minimum atomic E-state index is -0.659. The molecule has 12 atom stereocenters. The van der Waals surface area contributed by atoms with Gasteiger partial charge in [-0.2, -0.15) is 0 Å². The maximum Gasteiger partial charge on any atom is 0.339 e. The topological polar surface area (TPSA) is 46.5 Å². The van der Waals surface area contributed by atoms with Gasteiger partial charge in [0.15, 0.2) is 0 Å². The van der Waals surface area contributed by atoms with E-state index in [1.807, 2.05) is 50.2 Å². The number of aliphatic hydroxyl groups is 1. The number of carbonyl (C=O) groups excluding carboxylic acids is 1. The summed E-state index contributed by atoms with van der Waals surface area (Å²) in [5, 5.41) is 12.5. The number of carbonyl (C=O) groups is 1. The predicted octanol–water partition coefficient (Wildman–Crippen LogP) is 24.3. The summed E-state index contributed by atoms with van der Waals surface area (Å²) in [7, 11) is 0. The van der Waals surface area contributed by atoms with Crippen molar-refractivity contribution in [3.63, 3.8) is 0 Å². The van der Waals surface area contributed by atoms with Crippen molar-refractivity contribution >= 4 is 39.0 Å². The van der Waals surface area contributed by atoms with Crippen molar-refractivity contribution in [2.75, 3.05) is 0 Å². The third-order valence-electron chi connectivity index (χ3n) is 24.0. The lowest BCUT2D eigenvalue weighted by molar-refractivity contribution is -0.131. The highest BCUT2D eigenvalue weighted by molar-refractivity contribution is 5.93. The molecule has 7 aromatic rings. The van der Waals surface area contributed by atoms with E-state index in [1.54, 1.807) is 22.3 Å². The molecule has 8 bridgehead atoms. The summed E-state index contributed by atoms with van der Waals surface area (Å²) < 4.78 is 5.74. The molecule has 14 aliphatic rings. The quantitative estimate of drug-likeness (QED) is 0.0798. The highest BCUT2D eigenvalue weighted by Gasteiger charge is 2.44. The first kappa shape index (κ1) is 69.1. The zero-order valence-corrected chi connectivity index (χ0v) is 60.8. The van der Waals surface area contributed by atoms with E-state index in [2.05, 4.69) is 281 Å². The molecular formula is C96H106O3. The maximum absolute atomic E-state index is 12.8. The van der Waals surface area contributed by atoms with Crippen molar-refractivity contribution in [1.29, 1.82) is 0 Å². The fraction of sp³-hybridized carbons (Fsp3) is 0.365. The van der Waals surface area contributed by atoms with Crippen molar-refractivity contribution in [2.24, 2.45) is 88.3 Å². The van der Waals surface area contributed by atoms with E-state index in [0.29, 0.717) is 88.1 Å². The third-order valence-corrected chi connectivity index (χ3v) is 24.0. The molecule has 99 heavy (non-hydrogen) atoms. The summed E-state index contributed by atoms with van der Waals surface area (Å²) in [6, 6.07) is 68.2. The number of fused-ring (bicyclic) bond motifs is 6. The minimum Gasteiger partial charge on any atom is -0.423 e. The fourth-order valence-corrected chi connectivity index (χ4v) is 18.6. The first-order chi connectivity index (χ1) is 47.7. The van der Waals surface area contributed by atoms with E-state index in [9.17, 15) is 9.90 Å². The molecule has 0 saturated carbocycles. The smallest absolute Gasteiger partial charge is 0.339 e. The van der Waals surface area contributed by atoms with Crippen molar-refractivity contribution < 1.29 is 14.6 Å². The SMILES string of the molecule is C1=C(c2ccccc2)C2C=C(c3ccccc3)C1CC2.C1=C(c2ccccc2)[C@@H]2CC=C(c3ccccc3)[C@@H]2C1.CC1=CC2C(C(=O)Oc3ccc4ccccc4c3)=CC1CC2C(C)C.CC1=CC2C(C(C)(C)O)=CC1CC2C(C)C.CC1=CC2C(Cc3ccccc3)=CC1CC2(C)C. The Kier molecular flexibility index (Phi) is 20.8. The van der Waals surface area contributed by atoms with Crippen LogP contribution in [0.4, 0.5) is 0 Å². The highest BCUT2D eigenvalue weighted by atomic mass is 16.5. The summed E-state index contributed by atoms with van der Waals surface area (Å²) in [6.45, 7) is 24.5. The molecule has 3 nitrogen and oxygen atoms in total. The van der Waals surface area contributed by atoms with Gasteiger partial charge in [-0.1, -0.05) is 307 Å². The second kappa shape index (κ2) is 29.8. The van der Waals surface area contributed by atoms with Gasteiger partial charge in [-0.25, -0.2) is 4.79 Å². The van der Waals surface area contributed by atoms with Gasteiger partial charge in [-0.3, -0.25) is 0 Å². The van der Waals surface area contributed by atoms with E-state index in [0.717, 1.165) is 29.2 Å². The van der Waals surface area contributed by atoms with Crippen LogP contribution in [0.2, 0.25) is 0 Å². The van der Waals surface area contributed by atoms with Gasteiger partial charge in [-0.15, -0.1) is 0 Å². The van der Waals surface area contributed by atoms with Crippen molar-refractivity contribution in [2.45, 2.75) is 133 Å². The Morgan fingerprint density at radius 1 is 0.485 bits per heavy atom. The molecule has 0 fully saturated rings. The molecule has 508 valence electrons. The maximum atomic E-state index is 12.8. The zero-order valence-electron chi connectivity index (χ0n) is 60.8. The van der Waals surface area contributed by atoms with Crippen LogP contribution in [0.1, 0.15) is 149 Å². The predicted molar refractivity (Wildman–Crippen MR) is 417 cm³/mol. The molecule has 0 radical (unpaired) electrons. The van der Waals surface area contributed by atoms with Gasteiger partial charge < -0.3 is 9.84 Å². The lowest BCUT2D eigenvalue weighted by Crippen LogP contribution is -2.39. The molecule has 0 aromatic heterocycles. The molecule has 0 aliphatic heterocycles. The van der Waals surface area contributed by atoms with Crippen LogP contribution in [0, 0.1) is 88.3 Å². The van der Waals surface area contributed by atoms with Gasteiger partial charge in [0, 0.05) is 35.2 Å². The van der Waals surface area contributed by atoms with Crippen LogP contribution in [0.15, 0.2) is 288 Å². The normalized spacial score (nSPS) is 26.8. The Bertz CT molecular complexity index is 4220. The lowest BCUT2D eigenvalue weighted by Gasteiger charge is -2.46. The molecule has 0 saturated heterocycles. The minimum absolute atomic E-state index is 0.193. The summed E-state index contributed by atoms with van der Waals surface area (Å²) in [5.74, 6) is 8.42. The summed E-state index contributed by atoms with van der Waals surface area (Å²) in [6.07, 6.45) is 34.0. The largest absolute Gasteiger partial charge is 0.423 e. The molecular weight excluding hydrogens is 1200 g/mol. The van der Waals surface area contributed by atoms with Crippen LogP contribution in [-0.2, 0) is 11.2 Å². The Morgan fingerprint density at radius 3 is 1.39 bits per heavy atom. The highest BCUT2D eigenvalue weighted by Crippen LogP contribution is 2.54. The Morgan fingerprint density at radius 2 is 0.929 bits per heavy atom. The van der Waals surface area contributed by atoms with Crippen LogP contribution in [0.25, 0.3) is 33.1 Å². The van der Waals surface area contributed by atoms with Crippen molar-refractivity contribution in [3.05, 3.63) is 316 Å². The van der Waals surface area contributed by atoms with E-state index < -0.39 is 5.60 Å². The second-order valence-corrected chi connectivity index (χ2v) is 32.2. The fourth-order valence-electron chi connectivity index (χ4n) is 18.6. The summed E-state index contributed by atoms with van der Waals surface area (Å²) in [4.78, 5) is 12.8. The second-order valence-electron chi connectivity index (χ2n) is 32.2. The van der Waals surface area contributed by atoms with Crippen LogP contribution in [-0.4, -0.2) is 16.7 Å². The number of esters is 1. The molecule has 1 N–H and O–H groups in total. The number of benzene rings is 7. The molecule has 0 spiro atoms. The number of rotatable bonds is 11. The van der Waals surface area contributed by atoms with Crippen LogP contribution in [0.5, 0.6) is 5.75 Å². The van der Waals surface area contributed by atoms with E-state index >= 15 is 0 Å². The summed E-state index contributed by atoms with van der Waals surface area (Å²) in [5.41, 5.74) is 21.2. The zero-order chi connectivity index (χ0) is 69.1. The molecule has 14 aliphatic carbocycles.